The summed E-state index contributed by atoms with van der Waals surface area (Å²) in [6.45, 7) is 3.87. The number of anilines is 1. The van der Waals surface area contributed by atoms with Crippen LogP contribution in [0.3, 0.4) is 0 Å². The highest BCUT2D eigenvalue weighted by Crippen LogP contribution is 2.24. The maximum Gasteiger partial charge on any atom is 0.414 e. The molecule has 0 saturated carbocycles. The Labute approximate surface area is 148 Å². The van der Waals surface area contributed by atoms with Gasteiger partial charge in [-0.15, -0.1) is 0 Å². The first-order chi connectivity index (χ1) is 11.6. The van der Waals surface area contributed by atoms with Crippen molar-refractivity contribution in [3.63, 3.8) is 0 Å². The van der Waals surface area contributed by atoms with E-state index in [0.29, 0.717) is 18.2 Å². The molecule has 1 fully saturated rings. The van der Waals surface area contributed by atoms with Gasteiger partial charge in [0.2, 0.25) is 0 Å². The van der Waals surface area contributed by atoms with E-state index in [4.69, 9.17) is 21.7 Å². The molecular formula is C17H25N3O3S. The second-order valence-electron chi connectivity index (χ2n) is 5.63. The number of unbranched alkanes of at least 4 members (excludes halogenated alkanes) is 2. The van der Waals surface area contributed by atoms with Crippen molar-refractivity contribution >= 4 is 29.1 Å². The molecule has 7 heteroatoms. The minimum absolute atomic E-state index is 0.228. The smallest absolute Gasteiger partial charge is 0.414 e. The van der Waals surface area contributed by atoms with Crippen LogP contribution in [0.4, 0.5) is 10.5 Å². The van der Waals surface area contributed by atoms with E-state index in [2.05, 4.69) is 17.6 Å². The number of nitrogens with zero attached hydrogens (tertiary/aromatic N) is 1. The molecule has 24 heavy (non-hydrogen) atoms. The van der Waals surface area contributed by atoms with Crippen LogP contribution in [-0.4, -0.2) is 44.1 Å². The van der Waals surface area contributed by atoms with Gasteiger partial charge in [-0.05, 0) is 42.9 Å². The predicted octanol–water partition coefficient (Wildman–Crippen LogP) is 2.67. The highest BCUT2D eigenvalue weighted by Gasteiger charge is 2.32. The van der Waals surface area contributed by atoms with E-state index < -0.39 is 0 Å². The monoisotopic (exact) mass is 351 g/mol. The number of rotatable bonds is 8. The molecule has 6 nitrogen and oxygen atoms in total. The number of cyclic esters (lactones) is 1. The molecule has 2 rings (SSSR count). The molecule has 1 aliphatic rings. The van der Waals surface area contributed by atoms with Crippen molar-refractivity contribution in [2.75, 3.05) is 31.6 Å². The predicted molar refractivity (Wildman–Crippen MR) is 98.7 cm³/mol. The summed E-state index contributed by atoms with van der Waals surface area (Å²) in [7, 11) is 1.74. The number of hydrogen-bond acceptors (Lipinski definition) is 4. The van der Waals surface area contributed by atoms with Crippen LogP contribution in [0.2, 0.25) is 0 Å². The molecule has 1 aromatic carbocycles. The molecule has 0 aliphatic carbocycles. The Kier molecular flexibility index (Phi) is 7.11. The zero-order chi connectivity index (χ0) is 17.4. The van der Waals surface area contributed by atoms with Crippen molar-refractivity contribution < 1.29 is 14.3 Å². The Bertz CT molecular complexity index is 551. The Hall–Kier alpha value is -2.02. The lowest BCUT2D eigenvalue weighted by molar-refractivity contribution is 0.143. The zero-order valence-electron chi connectivity index (χ0n) is 14.2. The number of amides is 1. The van der Waals surface area contributed by atoms with E-state index in [1.807, 2.05) is 24.3 Å². The summed E-state index contributed by atoms with van der Waals surface area (Å²) in [4.78, 5) is 13.6. The molecule has 0 unspecified atom stereocenters. The maximum atomic E-state index is 12.0. The van der Waals surface area contributed by atoms with Crippen LogP contribution in [0, 0.1) is 0 Å². The Morgan fingerprint density at radius 2 is 2.12 bits per heavy atom. The Morgan fingerprint density at radius 3 is 2.79 bits per heavy atom. The van der Waals surface area contributed by atoms with E-state index in [9.17, 15) is 4.79 Å². The number of ether oxygens (including phenoxy) is 2. The van der Waals surface area contributed by atoms with Gasteiger partial charge in [0.1, 0.15) is 11.9 Å². The number of thiocarbonyl (C=S) groups is 1. The van der Waals surface area contributed by atoms with Gasteiger partial charge in [0.05, 0.1) is 19.7 Å². The number of hydrogen-bond donors (Lipinski definition) is 2. The molecule has 0 bridgehead atoms. The normalized spacial score (nSPS) is 16.7. The van der Waals surface area contributed by atoms with Crippen molar-refractivity contribution in [1.29, 1.82) is 0 Å². The first kappa shape index (κ1) is 18.3. The largest absolute Gasteiger partial charge is 0.494 e. The molecular weight excluding hydrogens is 326 g/mol. The molecule has 0 spiro atoms. The summed E-state index contributed by atoms with van der Waals surface area (Å²) >= 11 is 5.02. The third-order valence-corrected chi connectivity index (χ3v) is 4.10. The van der Waals surface area contributed by atoms with Crippen molar-refractivity contribution in [2.24, 2.45) is 0 Å². The van der Waals surface area contributed by atoms with Crippen LogP contribution in [0.5, 0.6) is 5.75 Å². The van der Waals surface area contributed by atoms with Gasteiger partial charge in [-0.25, -0.2) is 4.79 Å². The Balaban J connectivity index is 1.84. The second-order valence-corrected chi connectivity index (χ2v) is 6.03. The van der Waals surface area contributed by atoms with Gasteiger partial charge in [0.25, 0.3) is 0 Å². The average Bonchev–Trinajstić information content (AvgIpc) is 2.98. The van der Waals surface area contributed by atoms with Crippen LogP contribution >= 0.6 is 12.2 Å². The SMILES string of the molecule is CCCCCOc1ccc(N2C[C@H](CNC(=S)NC)OC2=O)cc1. The summed E-state index contributed by atoms with van der Waals surface area (Å²) in [5, 5.41) is 6.37. The third-order valence-electron chi connectivity index (χ3n) is 3.76. The number of carbonyl (C=O) groups excluding carboxylic acids is 1. The van der Waals surface area contributed by atoms with Crippen LogP contribution in [0.1, 0.15) is 26.2 Å². The van der Waals surface area contributed by atoms with Gasteiger partial charge in [0.15, 0.2) is 5.11 Å². The lowest BCUT2D eigenvalue weighted by Gasteiger charge is -2.14. The molecule has 1 saturated heterocycles. The van der Waals surface area contributed by atoms with Gasteiger partial charge >= 0.3 is 6.09 Å². The highest BCUT2D eigenvalue weighted by molar-refractivity contribution is 7.80. The van der Waals surface area contributed by atoms with Crippen LogP contribution < -0.4 is 20.3 Å². The zero-order valence-corrected chi connectivity index (χ0v) is 15.0. The van der Waals surface area contributed by atoms with Crippen LogP contribution in [0.15, 0.2) is 24.3 Å². The first-order valence-electron chi connectivity index (χ1n) is 8.30. The van der Waals surface area contributed by atoms with Gasteiger partial charge in [0, 0.05) is 12.7 Å². The molecule has 132 valence electrons. The van der Waals surface area contributed by atoms with Crippen molar-refractivity contribution in [3.8, 4) is 5.75 Å². The number of benzene rings is 1. The molecule has 1 heterocycles. The van der Waals surface area contributed by atoms with E-state index in [0.717, 1.165) is 24.5 Å². The molecule has 1 aromatic rings. The molecule has 1 amide bonds. The van der Waals surface area contributed by atoms with Crippen LogP contribution in [0.25, 0.3) is 0 Å². The molecule has 2 N–H and O–H groups in total. The first-order valence-corrected chi connectivity index (χ1v) is 8.71. The summed E-state index contributed by atoms with van der Waals surface area (Å²) in [5.74, 6) is 0.819. The Morgan fingerprint density at radius 1 is 1.38 bits per heavy atom. The summed E-state index contributed by atoms with van der Waals surface area (Å²) in [5.41, 5.74) is 0.805. The molecule has 1 atom stereocenters. The molecule has 0 aromatic heterocycles. The molecule has 1 aliphatic heterocycles. The second kappa shape index (κ2) is 9.32. The van der Waals surface area contributed by atoms with Crippen molar-refractivity contribution in [1.82, 2.24) is 10.6 Å². The fourth-order valence-corrected chi connectivity index (χ4v) is 2.48. The van der Waals surface area contributed by atoms with E-state index in [-0.39, 0.29) is 12.2 Å². The van der Waals surface area contributed by atoms with Gasteiger partial charge in [-0.3, -0.25) is 4.90 Å². The fraction of sp³-hybridized carbons (Fsp3) is 0.529. The summed E-state index contributed by atoms with van der Waals surface area (Å²) < 4.78 is 11.0. The molecule has 0 radical (unpaired) electrons. The van der Waals surface area contributed by atoms with Gasteiger partial charge < -0.3 is 20.1 Å². The fourth-order valence-electron chi connectivity index (χ4n) is 2.40. The van der Waals surface area contributed by atoms with Gasteiger partial charge in [-0.1, -0.05) is 19.8 Å². The van der Waals surface area contributed by atoms with Gasteiger partial charge in [-0.2, -0.15) is 0 Å². The highest BCUT2D eigenvalue weighted by atomic mass is 32.1. The summed E-state index contributed by atoms with van der Waals surface area (Å²) in [6.07, 6.45) is 2.83. The topological polar surface area (TPSA) is 62.8 Å². The average molecular weight is 351 g/mol. The number of nitrogens with one attached hydrogen (secondary N) is 2. The quantitative estimate of drug-likeness (QED) is 0.555. The lowest BCUT2D eigenvalue weighted by atomic mass is 10.2. The van der Waals surface area contributed by atoms with E-state index >= 15 is 0 Å². The third kappa shape index (κ3) is 5.26. The van der Waals surface area contributed by atoms with E-state index in [1.54, 1.807) is 11.9 Å². The van der Waals surface area contributed by atoms with Crippen LogP contribution in [-0.2, 0) is 4.74 Å². The summed E-state index contributed by atoms with van der Waals surface area (Å²) in [6, 6.07) is 7.53. The van der Waals surface area contributed by atoms with E-state index in [1.165, 1.54) is 12.8 Å². The number of carbonyl (C=O) groups is 1. The standard InChI is InChI=1S/C17H25N3O3S/c1-3-4-5-10-22-14-8-6-13(7-9-14)20-12-15(23-17(20)21)11-19-16(24)18-2/h6-9,15H,3-5,10-12H2,1-2H3,(H2,18,19,24)/t15-/m0/s1. The lowest BCUT2D eigenvalue weighted by Crippen LogP contribution is -2.39. The minimum atomic E-state index is -0.339. The maximum absolute atomic E-state index is 12.0. The van der Waals surface area contributed by atoms with Crippen molar-refractivity contribution in [2.45, 2.75) is 32.3 Å². The van der Waals surface area contributed by atoms with Crippen molar-refractivity contribution in [3.05, 3.63) is 24.3 Å². The minimum Gasteiger partial charge on any atom is -0.494 e.